The van der Waals surface area contributed by atoms with Gasteiger partial charge in [0.2, 0.25) is 0 Å². The van der Waals surface area contributed by atoms with Crippen LogP contribution in [0.4, 0.5) is 4.79 Å². The molecule has 5 nitrogen and oxygen atoms in total. The summed E-state index contributed by atoms with van der Waals surface area (Å²) >= 11 is 0. The number of methoxy groups -OCH3 is 2. The monoisotopic (exact) mass is 307 g/mol. The Morgan fingerprint density at radius 2 is 1.91 bits per heavy atom. The molecule has 0 N–H and O–H groups in total. The number of carbonyl (C=O) groups excluding carboxylic acids is 1. The van der Waals surface area contributed by atoms with Gasteiger partial charge in [-0.1, -0.05) is 0 Å². The fourth-order valence-electron chi connectivity index (χ4n) is 2.74. The Morgan fingerprint density at radius 1 is 1.23 bits per heavy atom. The molecule has 1 aliphatic rings. The first-order chi connectivity index (χ1) is 10.3. The number of hydrogen-bond acceptors (Lipinski definition) is 4. The first-order valence-electron chi connectivity index (χ1n) is 7.51. The Bertz CT molecular complexity index is 563. The summed E-state index contributed by atoms with van der Waals surface area (Å²) in [4.78, 5) is 14.1. The van der Waals surface area contributed by atoms with Crippen molar-refractivity contribution in [2.75, 3.05) is 20.8 Å². The highest BCUT2D eigenvalue weighted by molar-refractivity contribution is 5.70. The summed E-state index contributed by atoms with van der Waals surface area (Å²) in [5.74, 6) is 1.54. The molecule has 0 aromatic heterocycles. The lowest BCUT2D eigenvalue weighted by Gasteiger charge is -2.37. The van der Waals surface area contributed by atoms with Crippen molar-refractivity contribution in [3.8, 4) is 11.5 Å². The Morgan fingerprint density at radius 3 is 2.45 bits per heavy atom. The number of ether oxygens (including phenoxy) is 3. The Hall–Kier alpha value is -1.91. The van der Waals surface area contributed by atoms with E-state index in [2.05, 4.69) is 0 Å². The van der Waals surface area contributed by atoms with Gasteiger partial charge >= 0.3 is 6.09 Å². The smallest absolute Gasteiger partial charge is 0.410 e. The molecule has 0 bridgehead atoms. The standard InChI is InChI=1S/C17H25NO4/c1-11-14-9-12(20-5)10-15(21-6)13(14)7-8-18(11)16(19)22-17(2,3)4/h9-11H,7-8H2,1-6H3. The zero-order valence-electron chi connectivity index (χ0n) is 14.2. The number of carbonyl (C=O) groups is 1. The lowest BCUT2D eigenvalue weighted by molar-refractivity contribution is 0.0158. The normalized spacial score (nSPS) is 17.7. The highest BCUT2D eigenvalue weighted by atomic mass is 16.6. The van der Waals surface area contributed by atoms with Crippen LogP contribution in [-0.2, 0) is 11.2 Å². The predicted molar refractivity (Wildman–Crippen MR) is 84.6 cm³/mol. The number of rotatable bonds is 2. The average Bonchev–Trinajstić information content (AvgIpc) is 2.44. The summed E-state index contributed by atoms with van der Waals surface area (Å²) in [6.45, 7) is 8.24. The lowest BCUT2D eigenvalue weighted by atomic mass is 9.92. The highest BCUT2D eigenvalue weighted by Gasteiger charge is 2.32. The van der Waals surface area contributed by atoms with Gasteiger partial charge in [-0.2, -0.15) is 0 Å². The molecule has 2 rings (SSSR count). The minimum atomic E-state index is -0.497. The van der Waals surface area contributed by atoms with Crippen LogP contribution in [0, 0.1) is 0 Å². The molecule has 0 spiro atoms. The minimum Gasteiger partial charge on any atom is -0.497 e. The lowest BCUT2D eigenvalue weighted by Crippen LogP contribution is -2.42. The van der Waals surface area contributed by atoms with Crippen molar-refractivity contribution >= 4 is 6.09 Å². The second-order valence-electron chi connectivity index (χ2n) is 6.50. The Kier molecular flexibility index (Phi) is 4.54. The second-order valence-corrected chi connectivity index (χ2v) is 6.50. The summed E-state index contributed by atoms with van der Waals surface area (Å²) in [6.07, 6.45) is 0.457. The number of fused-ring (bicyclic) bond motifs is 1. The van der Waals surface area contributed by atoms with E-state index < -0.39 is 5.60 Å². The summed E-state index contributed by atoms with van der Waals surface area (Å²) in [6, 6.07) is 3.77. The summed E-state index contributed by atoms with van der Waals surface area (Å²) < 4.78 is 16.3. The largest absolute Gasteiger partial charge is 0.497 e. The van der Waals surface area contributed by atoms with Crippen LogP contribution in [0.5, 0.6) is 11.5 Å². The molecule has 5 heteroatoms. The summed E-state index contributed by atoms with van der Waals surface area (Å²) in [5.41, 5.74) is 1.69. The zero-order valence-corrected chi connectivity index (χ0v) is 14.2. The number of benzene rings is 1. The fraction of sp³-hybridized carbons (Fsp3) is 0.588. The molecule has 0 fully saturated rings. The molecule has 0 saturated heterocycles. The second kappa shape index (κ2) is 6.07. The van der Waals surface area contributed by atoms with E-state index in [-0.39, 0.29) is 12.1 Å². The van der Waals surface area contributed by atoms with Crippen LogP contribution in [0.3, 0.4) is 0 Å². The molecule has 1 aromatic rings. The minimum absolute atomic E-state index is 0.0809. The summed E-state index contributed by atoms with van der Waals surface area (Å²) in [5, 5.41) is 0. The van der Waals surface area contributed by atoms with Crippen LogP contribution in [0.2, 0.25) is 0 Å². The van der Waals surface area contributed by atoms with E-state index >= 15 is 0 Å². The number of amides is 1. The molecule has 0 aliphatic carbocycles. The third-order valence-corrected chi connectivity index (χ3v) is 3.82. The van der Waals surface area contributed by atoms with Crippen molar-refractivity contribution in [3.63, 3.8) is 0 Å². The molecule has 1 amide bonds. The van der Waals surface area contributed by atoms with Crippen molar-refractivity contribution in [1.29, 1.82) is 0 Å². The topological polar surface area (TPSA) is 48.0 Å². The van der Waals surface area contributed by atoms with Gasteiger partial charge in [-0.15, -0.1) is 0 Å². The van der Waals surface area contributed by atoms with Crippen LogP contribution in [0.25, 0.3) is 0 Å². The maximum Gasteiger partial charge on any atom is 0.410 e. The van der Waals surface area contributed by atoms with Gasteiger partial charge in [0.25, 0.3) is 0 Å². The zero-order chi connectivity index (χ0) is 16.5. The predicted octanol–water partition coefficient (Wildman–Crippen LogP) is 3.56. The molecule has 1 unspecified atom stereocenters. The molecular formula is C17H25NO4. The fourth-order valence-corrected chi connectivity index (χ4v) is 2.74. The molecule has 1 aromatic carbocycles. The van der Waals surface area contributed by atoms with Crippen LogP contribution >= 0.6 is 0 Å². The van der Waals surface area contributed by atoms with Crippen molar-refractivity contribution in [2.45, 2.75) is 45.8 Å². The van der Waals surface area contributed by atoms with Gasteiger partial charge in [-0.05, 0) is 45.7 Å². The molecular weight excluding hydrogens is 282 g/mol. The Labute approximate surface area is 132 Å². The van der Waals surface area contributed by atoms with Crippen molar-refractivity contribution in [2.24, 2.45) is 0 Å². The molecule has 0 saturated carbocycles. The van der Waals surface area contributed by atoms with E-state index in [1.165, 1.54) is 0 Å². The van der Waals surface area contributed by atoms with Crippen LogP contribution in [0.1, 0.15) is 44.9 Å². The molecule has 1 aliphatic heterocycles. The van der Waals surface area contributed by atoms with E-state index in [4.69, 9.17) is 14.2 Å². The molecule has 1 heterocycles. The molecule has 0 radical (unpaired) electrons. The first kappa shape index (κ1) is 16.5. The van der Waals surface area contributed by atoms with E-state index in [1.54, 1.807) is 19.1 Å². The molecule has 1 atom stereocenters. The Balaban J connectivity index is 2.33. The van der Waals surface area contributed by atoms with Gasteiger partial charge in [0.15, 0.2) is 0 Å². The van der Waals surface area contributed by atoms with E-state index in [1.807, 2.05) is 39.8 Å². The van der Waals surface area contributed by atoms with Crippen LogP contribution in [0.15, 0.2) is 12.1 Å². The van der Waals surface area contributed by atoms with Gasteiger partial charge in [0, 0.05) is 18.2 Å². The van der Waals surface area contributed by atoms with Crippen molar-refractivity contribution < 1.29 is 19.0 Å². The van der Waals surface area contributed by atoms with Gasteiger partial charge in [0.05, 0.1) is 20.3 Å². The SMILES string of the molecule is COc1cc(OC)c2c(c1)C(C)N(C(=O)OC(C)(C)C)CC2. The van der Waals surface area contributed by atoms with Crippen LogP contribution < -0.4 is 9.47 Å². The van der Waals surface area contributed by atoms with Gasteiger partial charge in [-0.25, -0.2) is 4.79 Å². The van der Waals surface area contributed by atoms with Crippen molar-refractivity contribution in [1.82, 2.24) is 4.90 Å². The first-order valence-corrected chi connectivity index (χ1v) is 7.51. The number of hydrogen-bond donors (Lipinski definition) is 0. The van der Waals surface area contributed by atoms with Gasteiger partial charge in [-0.3, -0.25) is 0 Å². The van der Waals surface area contributed by atoms with E-state index in [0.717, 1.165) is 29.0 Å². The highest BCUT2D eigenvalue weighted by Crippen LogP contribution is 2.38. The molecule has 22 heavy (non-hydrogen) atoms. The van der Waals surface area contributed by atoms with E-state index in [0.29, 0.717) is 6.54 Å². The average molecular weight is 307 g/mol. The maximum atomic E-state index is 12.4. The van der Waals surface area contributed by atoms with Gasteiger partial charge in [0.1, 0.15) is 17.1 Å². The van der Waals surface area contributed by atoms with Crippen molar-refractivity contribution in [3.05, 3.63) is 23.3 Å². The third kappa shape index (κ3) is 3.29. The quantitative estimate of drug-likeness (QED) is 0.838. The number of nitrogens with zero attached hydrogens (tertiary/aromatic N) is 1. The third-order valence-electron chi connectivity index (χ3n) is 3.82. The molecule has 122 valence electrons. The van der Waals surface area contributed by atoms with E-state index in [9.17, 15) is 4.79 Å². The van der Waals surface area contributed by atoms with Gasteiger partial charge < -0.3 is 19.1 Å². The van der Waals surface area contributed by atoms with Crippen LogP contribution in [-0.4, -0.2) is 37.4 Å². The summed E-state index contributed by atoms with van der Waals surface area (Å²) in [7, 11) is 3.28. The maximum absolute atomic E-state index is 12.4.